The zero-order valence-corrected chi connectivity index (χ0v) is 10.9. The standard InChI is InChI=1S/C14H16N2O3/c1-7-5-8(2)16(15-7)13(17)11-9-3-4-10(6-9)12(11)14(18)19/h3-5,9-12H,6H2,1-2H3,(H,18,19). The van der Waals surface area contributed by atoms with Gasteiger partial charge in [-0.05, 0) is 38.2 Å². The molecule has 4 atom stereocenters. The second kappa shape index (κ2) is 4.05. The molecule has 1 N–H and O–H groups in total. The quantitative estimate of drug-likeness (QED) is 0.821. The minimum atomic E-state index is -0.878. The van der Waals surface area contributed by atoms with E-state index in [9.17, 15) is 14.7 Å². The number of hydrogen-bond donors (Lipinski definition) is 1. The second-order valence-corrected chi connectivity index (χ2v) is 5.52. The van der Waals surface area contributed by atoms with Crippen molar-refractivity contribution >= 4 is 11.9 Å². The highest BCUT2D eigenvalue weighted by Gasteiger charge is 2.52. The van der Waals surface area contributed by atoms with E-state index >= 15 is 0 Å². The average Bonchev–Trinajstić information content (AvgIpc) is 3.01. The number of nitrogens with zero attached hydrogens (tertiary/aromatic N) is 2. The van der Waals surface area contributed by atoms with Crippen LogP contribution < -0.4 is 0 Å². The summed E-state index contributed by atoms with van der Waals surface area (Å²) in [6.45, 7) is 3.64. The number of hydrogen-bond acceptors (Lipinski definition) is 3. The van der Waals surface area contributed by atoms with E-state index in [1.165, 1.54) is 4.68 Å². The Morgan fingerprint density at radius 3 is 2.42 bits per heavy atom. The molecule has 3 rings (SSSR count). The first-order valence-electron chi connectivity index (χ1n) is 6.47. The summed E-state index contributed by atoms with van der Waals surface area (Å²) in [6.07, 6.45) is 4.69. The average molecular weight is 260 g/mol. The van der Waals surface area contributed by atoms with Crippen molar-refractivity contribution in [3.63, 3.8) is 0 Å². The summed E-state index contributed by atoms with van der Waals surface area (Å²) in [7, 11) is 0. The number of fused-ring (bicyclic) bond motifs is 2. The van der Waals surface area contributed by atoms with E-state index in [1.54, 1.807) is 0 Å². The summed E-state index contributed by atoms with van der Waals surface area (Å²) >= 11 is 0. The molecule has 1 fully saturated rings. The van der Waals surface area contributed by atoms with Gasteiger partial charge in [-0.15, -0.1) is 0 Å². The Kier molecular flexibility index (Phi) is 2.59. The molecule has 1 heterocycles. The molecule has 1 aromatic rings. The van der Waals surface area contributed by atoms with Crippen LogP contribution in [-0.2, 0) is 4.79 Å². The van der Waals surface area contributed by atoms with Crippen molar-refractivity contribution in [2.45, 2.75) is 20.3 Å². The lowest BCUT2D eigenvalue weighted by molar-refractivity contribution is -0.143. The van der Waals surface area contributed by atoms with Crippen molar-refractivity contribution in [1.29, 1.82) is 0 Å². The van der Waals surface area contributed by atoms with E-state index in [0.29, 0.717) is 0 Å². The van der Waals surface area contributed by atoms with E-state index in [-0.39, 0.29) is 17.7 Å². The third-order valence-corrected chi connectivity index (χ3v) is 4.25. The zero-order chi connectivity index (χ0) is 13.7. The third-order valence-electron chi connectivity index (χ3n) is 4.25. The molecule has 0 spiro atoms. The van der Waals surface area contributed by atoms with Crippen molar-refractivity contribution in [3.05, 3.63) is 29.6 Å². The maximum absolute atomic E-state index is 12.6. The van der Waals surface area contributed by atoms with Crippen molar-refractivity contribution < 1.29 is 14.7 Å². The van der Waals surface area contributed by atoms with Crippen molar-refractivity contribution in [3.8, 4) is 0 Å². The second-order valence-electron chi connectivity index (χ2n) is 5.52. The lowest BCUT2D eigenvalue weighted by Gasteiger charge is -2.23. The van der Waals surface area contributed by atoms with Crippen LogP contribution in [-0.4, -0.2) is 26.8 Å². The molecule has 0 saturated heterocycles. The highest BCUT2D eigenvalue weighted by Crippen LogP contribution is 2.48. The molecule has 5 nitrogen and oxygen atoms in total. The van der Waals surface area contributed by atoms with Crippen LogP contribution in [0, 0.1) is 37.5 Å². The topological polar surface area (TPSA) is 72.2 Å². The van der Waals surface area contributed by atoms with Crippen molar-refractivity contribution in [1.82, 2.24) is 9.78 Å². The normalized spacial score (nSPS) is 31.9. The fourth-order valence-electron chi connectivity index (χ4n) is 3.49. The lowest BCUT2D eigenvalue weighted by atomic mass is 9.82. The molecule has 19 heavy (non-hydrogen) atoms. The number of aliphatic carboxylic acids is 1. The van der Waals surface area contributed by atoms with Gasteiger partial charge in [0.25, 0.3) is 5.91 Å². The molecule has 1 saturated carbocycles. The number of allylic oxidation sites excluding steroid dienone is 2. The Bertz CT molecular complexity index is 588. The van der Waals surface area contributed by atoms with Gasteiger partial charge in [-0.3, -0.25) is 9.59 Å². The Labute approximate surface area is 110 Å². The molecular weight excluding hydrogens is 244 g/mol. The van der Waals surface area contributed by atoms with Crippen LogP contribution in [0.5, 0.6) is 0 Å². The van der Waals surface area contributed by atoms with Gasteiger partial charge in [0.2, 0.25) is 0 Å². The van der Waals surface area contributed by atoms with Crippen LogP contribution in [0.15, 0.2) is 18.2 Å². The number of aryl methyl sites for hydroxylation is 2. The van der Waals surface area contributed by atoms with Gasteiger partial charge in [0.15, 0.2) is 0 Å². The largest absolute Gasteiger partial charge is 0.481 e. The molecule has 0 radical (unpaired) electrons. The van der Waals surface area contributed by atoms with Crippen LogP contribution in [0.4, 0.5) is 0 Å². The van der Waals surface area contributed by atoms with Crippen LogP contribution >= 0.6 is 0 Å². The molecule has 0 aliphatic heterocycles. The van der Waals surface area contributed by atoms with E-state index < -0.39 is 17.8 Å². The Balaban J connectivity index is 1.97. The Morgan fingerprint density at radius 2 is 1.89 bits per heavy atom. The number of carbonyl (C=O) groups is 2. The maximum atomic E-state index is 12.6. The van der Waals surface area contributed by atoms with Crippen LogP contribution in [0.3, 0.4) is 0 Å². The minimum absolute atomic E-state index is 0.00610. The molecule has 0 aromatic carbocycles. The van der Waals surface area contributed by atoms with Crippen molar-refractivity contribution in [2.24, 2.45) is 23.7 Å². The molecule has 100 valence electrons. The molecule has 2 aliphatic rings. The lowest BCUT2D eigenvalue weighted by Crippen LogP contribution is -2.36. The number of carbonyl (C=O) groups excluding carboxylic acids is 1. The summed E-state index contributed by atoms with van der Waals surface area (Å²) in [6, 6.07) is 1.83. The zero-order valence-electron chi connectivity index (χ0n) is 10.9. The molecular formula is C14H16N2O3. The molecule has 5 heteroatoms. The Morgan fingerprint density at radius 1 is 1.26 bits per heavy atom. The van der Waals surface area contributed by atoms with Gasteiger partial charge < -0.3 is 5.11 Å². The first kappa shape index (κ1) is 12.1. The van der Waals surface area contributed by atoms with Crippen LogP contribution in [0.25, 0.3) is 0 Å². The van der Waals surface area contributed by atoms with Crippen LogP contribution in [0.2, 0.25) is 0 Å². The van der Waals surface area contributed by atoms with E-state index in [1.807, 2.05) is 32.1 Å². The van der Waals surface area contributed by atoms with E-state index in [4.69, 9.17) is 0 Å². The molecule has 1 aromatic heterocycles. The first-order chi connectivity index (χ1) is 8.99. The van der Waals surface area contributed by atoms with Gasteiger partial charge in [0, 0.05) is 5.69 Å². The highest BCUT2D eigenvalue weighted by molar-refractivity contribution is 5.88. The summed E-state index contributed by atoms with van der Waals surface area (Å²) in [5, 5.41) is 13.5. The van der Waals surface area contributed by atoms with Gasteiger partial charge in [-0.2, -0.15) is 5.10 Å². The van der Waals surface area contributed by atoms with Gasteiger partial charge >= 0.3 is 5.97 Å². The highest BCUT2D eigenvalue weighted by atomic mass is 16.4. The maximum Gasteiger partial charge on any atom is 0.307 e. The third kappa shape index (κ3) is 1.72. The monoisotopic (exact) mass is 260 g/mol. The van der Waals surface area contributed by atoms with Crippen LogP contribution in [0.1, 0.15) is 22.6 Å². The summed E-state index contributed by atoms with van der Waals surface area (Å²) in [4.78, 5) is 24.0. The minimum Gasteiger partial charge on any atom is -0.481 e. The summed E-state index contributed by atoms with van der Waals surface area (Å²) in [5.41, 5.74) is 1.54. The molecule has 2 aliphatic carbocycles. The predicted molar refractivity (Wildman–Crippen MR) is 67.7 cm³/mol. The number of carboxylic acid groups (broad SMARTS) is 1. The Hall–Kier alpha value is -1.91. The predicted octanol–water partition coefficient (Wildman–Crippen LogP) is 1.66. The molecule has 2 bridgehead atoms. The van der Waals surface area contributed by atoms with Gasteiger partial charge in [0.05, 0.1) is 17.5 Å². The van der Waals surface area contributed by atoms with E-state index in [0.717, 1.165) is 17.8 Å². The fourth-order valence-corrected chi connectivity index (χ4v) is 3.49. The summed E-state index contributed by atoms with van der Waals surface area (Å²) < 4.78 is 1.37. The first-order valence-corrected chi connectivity index (χ1v) is 6.47. The number of rotatable bonds is 2. The van der Waals surface area contributed by atoms with Gasteiger partial charge in [-0.1, -0.05) is 12.2 Å². The van der Waals surface area contributed by atoms with E-state index in [2.05, 4.69) is 5.10 Å². The fraction of sp³-hybridized carbons (Fsp3) is 0.500. The van der Waals surface area contributed by atoms with Gasteiger partial charge in [-0.25, -0.2) is 4.68 Å². The van der Waals surface area contributed by atoms with Gasteiger partial charge in [0.1, 0.15) is 0 Å². The number of carboxylic acids is 1. The molecule has 0 amide bonds. The number of aromatic nitrogens is 2. The van der Waals surface area contributed by atoms with Crippen molar-refractivity contribution in [2.75, 3.05) is 0 Å². The summed E-state index contributed by atoms with van der Waals surface area (Å²) in [5.74, 6) is -2.11. The smallest absolute Gasteiger partial charge is 0.307 e. The molecule has 4 unspecified atom stereocenters. The SMILES string of the molecule is Cc1cc(C)n(C(=O)C2C3C=CC(C3)C2C(=O)O)n1.